The molecular weight excluding hydrogens is 448 g/mol. The van der Waals surface area contributed by atoms with E-state index in [4.69, 9.17) is 16.3 Å². The van der Waals surface area contributed by atoms with Gasteiger partial charge in [-0.1, -0.05) is 60.7 Å². The van der Waals surface area contributed by atoms with Gasteiger partial charge in [0.05, 0.1) is 4.90 Å². The minimum atomic E-state index is -3.87. The monoisotopic (exact) mass is 470 g/mol. The fourth-order valence-corrected chi connectivity index (χ4v) is 4.36. The van der Waals surface area contributed by atoms with Crippen molar-refractivity contribution in [3.63, 3.8) is 0 Å². The Morgan fingerprint density at radius 2 is 1.32 bits per heavy atom. The first-order valence-corrected chi connectivity index (χ1v) is 11.9. The largest absolute Gasteiger partial charge is 0.384 e. The Morgan fingerprint density at radius 1 is 0.735 bits per heavy atom. The van der Waals surface area contributed by atoms with Gasteiger partial charge < -0.3 is 11.1 Å². The van der Waals surface area contributed by atoms with Gasteiger partial charge in [-0.3, -0.25) is 10.2 Å². The van der Waals surface area contributed by atoms with Crippen LogP contribution < -0.4 is 16.2 Å². The van der Waals surface area contributed by atoms with E-state index in [1.165, 1.54) is 6.07 Å². The Kier molecular flexibility index (Phi) is 6.27. The number of nitrogens with two attached hydrogens (primary N) is 2. The molecule has 1 amide bonds. The zero-order valence-corrected chi connectivity index (χ0v) is 18.8. The summed E-state index contributed by atoms with van der Waals surface area (Å²) in [6, 6.07) is 27.8. The van der Waals surface area contributed by atoms with Gasteiger partial charge >= 0.3 is 0 Å². The van der Waals surface area contributed by atoms with Gasteiger partial charge in [-0.15, -0.1) is 0 Å². The van der Waals surface area contributed by atoms with Gasteiger partial charge in [0.25, 0.3) is 5.91 Å². The number of primary sulfonamides is 1. The van der Waals surface area contributed by atoms with Crippen molar-refractivity contribution in [2.45, 2.75) is 4.90 Å². The number of hydrogen-bond acceptors (Lipinski definition) is 4. The lowest BCUT2D eigenvalue weighted by Gasteiger charge is -2.10. The fraction of sp³-hybridized carbons (Fsp3) is 0. The summed E-state index contributed by atoms with van der Waals surface area (Å²) in [5.41, 5.74) is 10.0. The molecule has 0 fully saturated rings. The molecule has 0 saturated heterocycles. The lowest BCUT2D eigenvalue weighted by atomic mass is 10.0. The smallest absolute Gasteiger partial charge is 0.255 e. The van der Waals surface area contributed by atoms with E-state index >= 15 is 0 Å². The van der Waals surface area contributed by atoms with Crippen molar-refractivity contribution in [1.29, 1.82) is 5.41 Å². The highest BCUT2D eigenvalue weighted by Gasteiger charge is 2.15. The molecular formula is C26H22N4O3S. The van der Waals surface area contributed by atoms with Crippen LogP contribution in [-0.4, -0.2) is 20.2 Å². The molecule has 4 aromatic rings. The van der Waals surface area contributed by atoms with Gasteiger partial charge in [-0.25, -0.2) is 13.6 Å². The van der Waals surface area contributed by atoms with Crippen LogP contribution in [0.5, 0.6) is 0 Å². The summed E-state index contributed by atoms with van der Waals surface area (Å²) < 4.78 is 23.8. The maximum atomic E-state index is 12.9. The maximum absolute atomic E-state index is 12.9. The Labute approximate surface area is 197 Å². The Bertz CT molecular complexity index is 1500. The van der Waals surface area contributed by atoms with Crippen LogP contribution in [0.2, 0.25) is 0 Å². The quantitative estimate of drug-likeness (QED) is 0.248. The number of nitrogens with one attached hydrogen (secondary N) is 2. The van der Waals surface area contributed by atoms with E-state index in [2.05, 4.69) is 5.32 Å². The van der Waals surface area contributed by atoms with Crippen molar-refractivity contribution in [1.82, 2.24) is 0 Å². The molecule has 6 N–H and O–H groups in total. The number of amides is 1. The van der Waals surface area contributed by atoms with E-state index in [-0.39, 0.29) is 16.6 Å². The number of amidine groups is 1. The molecule has 4 aromatic carbocycles. The van der Waals surface area contributed by atoms with Crippen LogP contribution in [0.1, 0.15) is 15.9 Å². The zero-order chi connectivity index (χ0) is 24.3. The number of nitrogen functional groups attached to an aromatic ring is 1. The predicted octanol–water partition coefficient (Wildman–Crippen LogP) is 4.20. The van der Waals surface area contributed by atoms with Crippen LogP contribution in [0.25, 0.3) is 22.3 Å². The molecule has 8 heteroatoms. The predicted molar refractivity (Wildman–Crippen MR) is 134 cm³/mol. The number of rotatable bonds is 6. The fourth-order valence-electron chi connectivity index (χ4n) is 3.60. The second-order valence-electron chi connectivity index (χ2n) is 7.65. The molecule has 34 heavy (non-hydrogen) atoms. The third-order valence-electron chi connectivity index (χ3n) is 5.28. The molecule has 0 bridgehead atoms. The van der Waals surface area contributed by atoms with E-state index < -0.39 is 10.0 Å². The molecule has 0 atom stereocenters. The lowest BCUT2D eigenvalue weighted by Crippen LogP contribution is -2.13. The van der Waals surface area contributed by atoms with Crippen molar-refractivity contribution in [3.05, 3.63) is 108 Å². The van der Waals surface area contributed by atoms with Gasteiger partial charge in [0.1, 0.15) is 5.84 Å². The molecule has 0 aliphatic rings. The SMILES string of the molecule is N=C(N)c1cccc(-c2cccc(C(=O)Nc3ccc(-c4ccccc4S(N)(=O)=O)cc3)c2)c1. The van der Waals surface area contributed by atoms with Crippen LogP contribution >= 0.6 is 0 Å². The van der Waals surface area contributed by atoms with E-state index in [9.17, 15) is 13.2 Å². The normalized spacial score (nSPS) is 11.1. The summed E-state index contributed by atoms with van der Waals surface area (Å²) in [5.74, 6) is -0.312. The molecule has 0 aliphatic heterocycles. The summed E-state index contributed by atoms with van der Waals surface area (Å²) >= 11 is 0. The van der Waals surface area contributed by atoms with Crippen LogP contribution in [-0.2, 0) is 10.0 Å². The van der Waals surface area contributed by atoms with Crippen molar-refractivity contribution < 1.29 is 13.2 Å². The third kappa shape index (κ3) is 5.03. The van der Waals surface area contributed by atoms with Crippen molar-refractivity contribution in [2.75, 3.05) is 5.32 Å². The van der Waals surface area contributed by atoms with Gasteiger partial charge in [0.2, 0.25) is 10.0 Å². The molecule has 4 rings (SSSR count). The molecule has 0 radical (unpaired) electrons. The molecule has 0 aromatic heterocycles. The summed E-state index contributed by atoms with van der Waals surface area (Å²) in [5, 5.41) is 15.8. The standard InChI is InChI=1S/C26H22N4O3S/c27-25(28)20-7-3-5-18(15-20)19-6-4-8-21(16-19)26(31)30-22-13-11-17(12-14-22)23-9-1-2-10-24(23)34(29,32)33/h1-16H,(H3,27,28)(H,30,31)(H2,29,32,33). The number of carbonyl (C=O) groups is 1. The second kappa shape index (κ2) is 9.30. The topological polar surface area (TPSA) is 139 Å². The Morgan fingerprint density at radius 3 is 1.94 bits per heavy atom. The summed E-state index contributed by atoms with van der Waals surface area (Å²) in [4.78, 5) is 12.9. The number of hydrogen-bond donors (Lipinski definition) is 4. The number of anilines is 1. The maximum Gasteiger partial charge on any atom is 0.255 e. The average molecular weight is 471 g/mol. The summed E-state index contributed by atoms with van der Waals surface area (Å²) in [6.07, 6.45) is 0. The van der Waals surface area contributed by atoms with Crippen LogP contribution in [0, 0.1) is 5.41 Å². The minimum absolute atomic E-state index is 0.0223. The second-order valence-corrected chi connectivity index (χ2v) is 9.18. The molecule has 170 valence electrons. The molecule has 7 nitrogen and oxygen atoms in total. The van der Waals surface area contributed by atoms with E-state index in [0.29, 0.717) is 27.9 Å². The van der Waals surface area contributed by atoms with E-state index in [0.717, 1.165) is 11.1 Å². The van der Waals surface area contributed by atoms with Crippen LogP contribution in [0.4, 0.5) is 5.69 Å². The highest BCUT2D eigenvalue weighted by Crippen LogP contribution is 2.28. The van der Waals surface area contributed by atoms with Crippen LogP contribution in [0.15, 0.2) is 102 Å². The third-order valence-corrected chi connectivity index (χ3v) is 6.25. The number of sulfonamides is 1. The first kappa shape index (κ1) is 22.9. The van der Waals surface area contributed by atoms with Crippen molar-refractivity contribution in [2.24, 2.45) is 10.9 Å². The molecule has 0 saturated carbocycles. The first-order valence-electron chi connectivity index (χ1n) is 10.3. The number of carbonyl (C=O) groups excluding carboxylic acids is 1. The average Bonchev–Trinajstić information content (AvgIpc) is 2.84. The Hall–Kier alpha value is -4.27. The number of benzene rings is 4. The molecule has 0 aliphatic carbocycles. The zero-order valence-electron chi connectivity index (χ0n) is 18.0. The summed E-state index contributed by atoms with van der Waals surface area (Å²) in [7, 11) is -3.87. The van der Waals surface area contributed by atoms with Crippen LogP contribution in [0.3, 0.4) is 0 Å². The summed E-state index contributed by atoms with van der Waals surface area (Å²) in [6.45, 7) is 0. The highest BCUT2D eigenvalue weighted by molar-refractivity contribution is 7.89. The van der Waals surface area contributed by atoms with Crippen molar-refractivity contribution in [3.8, 4) is 22.3 Å². The lowest BCUT2D eigenvalue weighted by molar-refractivity contribution is 0.102. The molecule has 0 heterocycles. The molecule has 0 spiro atoms. The van der Waals surface area contributed by atoms with Crippen molar-refractivity contribution >= 4 is 27.5 Å². The van der Waals surface area contributed by atoms with E-state index in [1.807, 2.05) is 18.2 Å². The Balaban J connectivity index is 1.55. The highest BCUT2D eigenvalue weighted by atomic mass is 32.2. The molecule has 0 unspecified atom stereocenters. The van der Waals surface area contributed by atoms with Gasteiger partial charge in [-0.05, 0) is 53.1 Å². The van der Waals surface area contributed by atoms with Gasteiger partial charge in [0.15, 0.2) is 0 Å². The van der Waals surface area contributed by atoms with E-state index in [1.54, 1.807) is 72.8 Å². The first-order chi connectivity index (χ1) is 16.2. The minimum Gasteiger partial charge on any atom is -0.384 e. The van der Waals surface area contributed by atoms with Gasteiger partial charge in [-0.2, -0.15) is 0 Å². The van der Waals surface area contributed by atoms with Gasteiger partial charge in [0, 0.05) is 22.4 Å².